The van der Waals surface area contributed by atoms with Crippen molar-refractivity contribution in [1.29, 1.82) is 0 Å². The molecule has 0 radical (unpaired) electrons. The molecule has 0 aromatic heterocycles. The van der Waals surface area contributed by atoms with Crippen LogP contribution in [0.3, 0.4) is 0 Å². The Bertz CT molecular complexity index is 608. The van der Waals surface area contributed by atoms with E-state index in [9.17, 15) is 9.50 Å². The molecule has 108 valence electrons. The quantitative estimate of drug-likeness (QED) is 0.822. The van der Waals surface area contributed by atoms with E-state index >= 15 is 0 Å². The molecule has 2 atom stereocenters. The van der Waals surface area contributed by atoms with Crippen molar-refractivity contribution in [2.45, 2.75) is 31.8 Å². The van der Waals surface area contributed by atoms with Gasteiger partial charge in [-0.1, -0.05) is 61.2 Å². The van der Waals surface area contributed by atoms with Gasteiger partial charge in [-0.3, -0.25) is 0 Å². The Kier molecular flexibility index (Phi) is 5.54. The predicted molar refractivity (Wildman–Crippen MR) is 83.2 cm³/mol. The van der Waals surface area contributed by atoms with Gasteiger partial charge in [0.15, 0.2) is 0 Å². The largest absolute Gasteiger partial charge is 0.376 e. The van der Waals surface area contributed by atoms with Crippen molar-refractivity contribution >= 4 is 0 Å². The van der Waals surface area contributed by atoms with Gasteiger partial charge in [0.25, 0.3) is 0 Å². The number of aliphatic hydroxyl groups is 1. The second kappa shape index (κ2) is 7.61. The van der Waals surface area contributed by atoms with Crippen LogP contribution in [0, 0.1) is 17.7 Å². The van der Waals surface area contributed by atoms with Crippen LogP contribution in [0.25, 0.3) is 0 Å². The van der Waals surface area contributed by atoms with Crippen molar-refractivity contribution in [2.75, 3.05) is 0 Å². The summed E-state index contributed by atoms with van der Waals surface area (Å²) < 4.78 is 12.8. The van der Waals surface area contributed by atoms with Gasteiger partial charge in [0.05, 0.1) is 0 Å². The number of halogens is 1. The molecule has 0 spiro atoms. The van der Waals surface area contributed by atoms with Gasteiger partial charge in [0, 0.05) is 6.42 Å². The molecule has 0 aliphatic rings. The molecule has 2 unspecified atom stereocenters. The fourth-order valence-corrected chi connectivity index (χ4v) is 2.23. The highest BCUT2D eigenvalue weighted by Crippen LogP contribution is 2.22. The molecule has 1 N–H and O–H groups in total. The lowest BCUT2D eigenvalue weighted by Crippen LogP contribution is -1.97. The molecule has 0 saturated carbocycles. The fourth-order valence-electron chi connectivity index (χ4n) is 2.23. The highest BCUT2D eigenvalue weighted by Gasteiger charge is 2.07. The summed E-state index contributed by atoms with van der Waals surface area (Å²) in [7, 11) is 0. The van der Waals surface area contributed by atoms with Crippen LogP contribution >= 0.6 is 0 Å². The Balaban J connectivity index is 2.00. The number of hydrogen-bond donors (Lipinski definition) is 1. The highest BCUT2D eigenvalue weighted by molar-refractivity contribution is 5.26. The monoisotopic (exact) mass is 282 g/mol. The smallest absolute Gasteiger partial charge is 0.140 e. The van der Waals surface area contributed by atoms with Gasteiger partial charge in [-0.05, 0) is 35.6 Å². The van der Waals surface area contributed by atoms with Crippen molar-refractivity contribution in [3.05, 3.63) is 71.5 Å². The number of hydrogen-bond acceptors (Lipinski definition) is 1. The lowest BCUT2D eigenvalue weighted by Gasteiger charge is -2.11. The van der Waals surface area contributed by atoms with Crippen LogP contribution in [0.2, 0.25) is 0 Å². The first-order chi connectivity index (χ1) is 10.2. The van der Waals surface area contributed by atoms with E-state index in [0.29, 0.717) is 17.9 Å². The Morgan fingerprint density at radius 1 is 1.00 bits per heavy atom. The highest BCUT2D eigenvalue weighted by atomic mass is 19.1. The average Bonchev–Trinajstić information content (AvgIpc) is 2.53. The summed E-state index contributed by atoms with van der Waals surface area (Å²) in [6, 6.07) is 16.0. The first-order valence-corrected chi connectivity index (χ1v) is 7.17. The molecule has 0 saturated heterocycles. The Hall–Kier alpha value is -2.11. The zero-order valence-corrected chi connectivity index (χ0v) is 12.1. The molecule has 2 heteroatoms. The molecule has 0 aliphatic heterocycles. The van der Waals surface area contributed by atoms with E-state index in [1.165, 1.54) is 17.7 Å². The third-order valence-electron chi connectivity index (χ3n) is 3.54. The van der Waals surface area contributed by atoms with E-state index in [4.69, 9.17) is 0 Å². The second-order valence-electron chi connectivity index (χ2n) is 5.00. The number of benzene rings is 2. The first kappa shape index (κ1) is 15.3. The minimum absolute atomic E-state index is 0.311. The maximum atomic E-state index is 12.8. The van der Waals surface area contributed by atoms with Crippen LogP contribution in [0.15, 0.2) is 54.6 Å². The zero-order chi connectivity index (χ0) is 15.1. The van der Waals surface area contributed by atoms with Gasteiger partial charge in [-0.2, -0.15) is 0 Å². The normalized spacial score (nSPS) is 13.1. The third-order valence-corrected chi connectivity index (χ3v) is 3.54. The van der Waals surface area contributed by atoms with Gasteiger partial charge >= 0.3 is 0 Å². The van der Waals surface area contributed by atoms with Gasteiger partial charge < -0.3 is 5.11 Å². The van der Waals surface area contributed by atoms with E-state index in [-0.39, 0.29) is 5.82 Å². The zero-order valence-electron chi connectivity index (χ0n) is 12.1. The van der Waals surface area contributed by atoms with Crippen LogP contribution in [0.4, 0.5) is 4.39 Å². The van der Waals surface area contributed by atoms with Crippen LogP contribution in [-0.4, -0.2) is 5.11 Å². The molecule has 0 aliphatic carbocycles. The summed E-state index contributed by atoms with van der Waals surface area (Å²) in [4.78, 5) is 0. The first-order valence-electron chi connectivity index (χ1n) is 7.17. The van der Waals surface area contributed by atoms with E-state index in [2.05, 4.69) is 30.9 Å². The lowest BCUT2D eigenvalue weighted by molar-refractivity contribution is 0.238. The SMILES string of the molecule is CCC(CC#CC(O)c1ccc(F)cc1)c1ccccc1. The Morgan fingerprint density at radius 3 is 2.29 bits per heavy atom. The molecule has 1 nitrogen and oxygen atoms in total. The molecular weight excluding hydrogens is 263 g/mol. The minimum Gasteiger partial charge on any atom is -0.376 e. The second-order valence-corrected chi connectivity index (χ2v) is 5.00. The van der Waals surface area contributed by atoms with Crippen LogP contribution in [0.5, 0.6) is 0 Å². The van der Waals surface area contributed by atoms with Gasteiger partial charge in [-0.25, -0.2) is 4.39 Å². The van der Waals surface area contributed by atoms with Crippen molar-refractivity contribution in [3.63, 3.8) is 0 Å². The molecule has 0 fully saturated rings. The topological polar surface area (TPSA) is 20.2 Å². The Morgan fingerprint density at radius 2 is 1.67 bits per heavy atom. The van der Waals surface area contributed by atoms with Crippen molar-refractivity contribution in [2.24, 2.45) is 0 Å². The van der Waals surface area contributed by atoms with Crippen LogP contribution in [-0.2, 0) is 0 Å². The van der Waals surface area contributed by atoms with Crippen LogP contribution in [0.1, 0.15) is 42.9 Å². The standard InChI is InChI=1S/C19H19FO/c1-2-15(16-7-4-3-5-8-16)9-6-10-19(21)17-11-13-18(20)14-12-17/h3-5,7-8,11-15,19,21H,2,9H2,1H3. The molecule has 0 heterocycles. The van der Waals surface area contributed by atoms with Gasteiger partial charge in [0.2, 0.25) is 0 Å². The number of aliphatic hydroxyl groups excluding tert-OH is 1. The van der Waals surface area contributed by atoms with E-state index in [0.717, 1.165) is 6.42 Å². The summed E-state index contributed by atoms with van der Waals surface area (Å²) in [6.45, 7) is 2.13. The molecular formula is C19H19FO. The Labute approximate surface area is 125 Å². The summed E-state index contributed by atoms with van der Waals surface area (Å²) >= 11 is 0. The van der Waals surface area contributed by atoms with E-state index < -0.39 is 6.10 Å². The van der Waals surface area contributed by atoms with Crippen molar-refractivity contribution in [3.8, 4) is 11.8 Å². The van der Waals surface area contributed by atoms with Gasteiger partial charge in [0.1, 0.15) is 11.9 Å². The lowest BCUT2D eigenvalue weighted by atomic mass is 9.93. The summed E-state index contributed by atoms with van der Waals surface area (Å²) in [5, 5.41) is 9.97. The molecule has 2 aromatic carbocycles. The summed E-state index contributed by atoms with van der Waals surface area (Å²) in [5.74, 6) is 5.95. The molecule has 2 aromatic rings. The maximum absolute atomic E-state index is 12.8. The maximum Gasteiger partial charge on any atom is 0.140 e. The molecule has 0 bridgehead atoms. The van der Waals surface area contributed by atoms with E-state index in [1.54, 1.807) is 12.1 Å². The van der Waals surface area contributed by atoms with E-state index in [1.807, 2.05) is 18.2 Å². The molecule has 21 heavy (non-hydrogen) atoms. The summed E-state index contributed by atoms with van der Waals surface area (Å²) in [5.41, 5.74) is 1.89. The number of rotatable bonds is 4. The van der Waals surface area contributed by atoms with Gasteiger partial charge in [-0.15, -0.1) is 0 Å². The fraction of sp³-hybridized carbons (Fsp3) is 0.263. The summed E-state index contributed by atoms with van der Waals surface area (Å²) in [6.07, 6.45) is 0.850. The third kappa shape index (κ3) is 4.44. The minimum atomic E-state index is -0.862. The molecule has 2 rings (SSSR count). The predicted octanol–water partition coefficient (Wildman–Crippen LogP) is 4.45. The van der Waals surface area contributed by atoms with Crippen molar-refractivity contribution in [1.82, 2.24) is 0 Å². The van der Waals surface area contributed by atoms with Crippen LogP contribution < -0.4 is 0 Å². The van der Waals surface area contributed by atoms with Crippen molar-refractivity contribution < 1.29 is 9.50 Å². The average molecular weight is 282 g/mol. The molecule has 0 amide bonds.